The molecule has 0 amide bonds. The van der Waals surface area contributed by atoms with Crippen LogP contribution < -0.4 is 0 Å². The van der Waals surface area contributed by atoms with Gasteiger partial charge in [0.25, 0.3) is 0 Å². The van der Waals surface area contributed by atoms with E-state index in [0.717, 1.165) is 32.1 Å². The summed E-state index contributed by atoms with van der Waals surface area (Å²) >= 11 is 0. The number of esters is 1. The van der Waals surface area contributed by atoms with Gasteiger partial charge in [0.15, 0.2) is 0 Å². The molecule has 2 fully saturated rings. The molecule has 0 saturated heterocycles. The van der Waals surface area contributed by atoms with Crippen LogP contribution in [0.4, 0.5) is 0 Å². The monoisotopic (exact) mass is 354 g/mol. The van der Waals surface area contributed by atoms with Gasteiger partial charge in [-0.2, -0.15) is 0 Å². The first-order chi connectivity index (χ1) is 11.4. The highest BCUT2D eigenvalue weighted by Crippen LogP contribution is 2.54. The summed E-state index contributed by atoms with van der Waals surface area (Å²) in [5.41, 5.74) is -2.46. The second kappa shape index (κ2) is 6.84. The molecule has 0 bridgehead atoms. The molecule has 0 aromatic rings. The van der Waals surface area contributed by atoms with Crippen LogP contribution in [-0.4, -0.2) is 34.0 Å². The van der Waals surface area contributed by atoms with Crippen molar-refractivity contribution in [2.45, 2.75) is 97.7 Å². The van der Waals surface area contributed by atoms with Crippen LogP contribution in [-0.2, 0) is 9.53 Å². The van der Waals surface area contributed by atoms with Gasteiger partial charge in [0, 0.05) is 0 Å². The largest absolute Gasteiger partial charge is 0.465 e. The van der Waals surface area contributed by atoms with Crippen molar-refractivity contribution < 1.29 is 19.7 Å². The lowest BCUT2D eigenvalue weighted by molar-refractivity contribution is -0.173. The number of hydrogen-bond acceptors (Lipinski definition) is 4. The Morgan fingerprint density at radius 1 is 1.08 bits per heavy atom. The van der Waals surface area contributed by atoms with Crippen molar-refractivity contribution >= 4 is 5.97 Å². The first kappa shape index (κ1) is 20.7. The number of aliphatic hydroxyl groups is 2. The summed E-state index contributed by atoms with van der Waals surface area (Å²) in [5, 5.41) is 22.3. The summed E-state index contributed by atoms with van der Waals surface area (Å²) in [4.78, 5) is 12.4. The molecule has 0 spiro atoms. The summed E-state index contributed by atoms with van der Waals surface area (Å²) in [6.45, 7) is 12.5. The Hall–Kier alpha value is -0.610. The lowest BCUT2D eigenvalue weighted by Crippen LogP contribution is -2.51. The Balaban J connectivity index is 2.05. The van der Waals surface area contributed by atoms with E-state index in [9.17, 15) is 15.0 Å². The Morgan fingerprint density at radius 2 is 1.64 bits per heavy atom. The molecule has 0 aromatic heterocycles. The normalized spacial score (nSPS) is 42.4. The number of rotatable bonds is 4. The summed E-state index contributed by atoms with van der Waals surface area (Å²) in [6, 6.07) is 0. The maximum atomic E-state index is 12.4. The predicted molar refractivity (Wildman–Crippen MR) is 99.1 cm³/mol. The van der Waals surface area contributed by atoms with Gasteiger partial charge in [0.2, 0.25) is 0 Å². The fourth-order valence-electron chi connectivity index (χ4n) is 5.03. The van der Waals surface area contributed by atoms with Crippen LogP contribution in [0, 0.1) is 22.7 Å². The zero-order chi connectivity index (χ0) is 19.1. The smallest absolute Gasteiger partial charge is 0.314 e. The van der Waals surface area contributed by atoms with Crippen LogP contribution in [0.25, 0.3) is 0 Å². The lowest BCUT2D eigenvalue weighted by Gasteiger charge is -2.45. The number of carbonyl (C=O) groups excluding carboxylic acids is 1. The van der Waals surface area contributed by atoms with Gasteiger partial charge in [0.1, 0.15) is 0 Å². The maximum absolute atomic E-state index is 12.4. The van der Waals surface area contributed by atoms with Crippen LogP contribution in [0.5, 0.6) is 0 Å². The van der Waals surface area contributed by atoms with Gasteiger partial charge < -0.3 is 14.9 Å². The molecule has 0 unspecified atom stereocenters. The van der Waals surface area contributed by atoms with E-state index in [4.69, 9.17) is 4.74 Å². The van der Waals surface area contributed by atoms with Gasteiger partial charge >= 0.3 is 5.97 Å². The van der Waals surface area contributed by atoms with E-state index in [0.29, 0.717) is 25.4 Å². The van der Waals surface area contributed by atoms with E-state index in [1.807, 2.05) is 6.92 Å². The molecule has 2 N–H and O–H groups in total. The second-order valence-electron chi connectivity index (χ2n) is 10.0. The van der Waals surface area contributed by atoms with Gasteiger partial charge in [-0.3, -0.25) is 4.79 Å². The van der Waals surface area contributed by atoms with Crippen molar-refractivity contribution in [3.8, 4) is 0 Å². The van der Waals surface area contributed by atoms with E-state index in [-0.39, 0.29) is 17.3 Å². The van der Waals surface area contributed by atoms with Crippen molar-refractivity contribution in [3.05, 3.63) is 0 Å². The van der Waals surface area contributed by atoms with Crippen molar-refractivity contribution in [3.63, 3.8) is 0 Å². The molecule has 0 aliphatic heterocycles. The third-order valence-corrected chi connectivity index (χ3v) is 7.40. The van der Waals surface area contributed by atoms with Gasteiger partial charge in [0.05, 0.1) is 23.2 Å². The summed E-state index contributed by atoms with van der Waals surface area (Å²) in [7, 11) is 0. The summed E-state index contributed by atoms with van der Waals surface area (Å²) < 4.78 is 5.22. The van der Waals surface area contributed by atoms with E-state index < -0.39 is 16.6 Å². The molecule has 2 saturated carbocycles. The zero-order valence-corrected chi connectivity index (χ0v) is 17.0. The van der Waals surface area contributed by atoms with E-state index in [1.54, 1.807) is 13.8 Å². The van der Waals surface area contributed by atoms with Crippen LogP contribution in [0.3, 0.4) is 0 Å². The van der Waals surface area contributed by atoms with Gasteiger partial charge in [-0.05, 0) is 83.0 Å². The lowest BCUT2D eigenvalue weighted by atomic mass is 9.65. The average molecular weight is 355 g/mol. The van der Waals surface area contributed by atoms with Gasteiger partial charge in [-0.15, -0.1) is 0 Å². The van der Waals surface area contributed by atoms with Gasteiger partial charge in [-0.25, -0.2) is 0 Å². The molecule has 0 heterocycles. The first-order valence-corrected chi connectivity index (χ1v) is 9.98. The molecule has 0 aromatic carbocycles. The molecule has 4 nitrogen and oxygen atoms in total. The molecule has 2 aliphatic rings. The highest BCUT2D eigenvalue weighted by Gasteiger charge is 2.60. The SMILES string of the molecule is CCOC(=O)[C@@]1(C)CC[C@H](CC2(O)CCC(C(C)(C)C)CC2)[C@@]1(C)O. The molecule has 4 heteroatoms. The second-order valence-corrected chi connectivity index (χ2v) is 10.0. The van der Waals surface area contributed by atoms with Crippen LogP contribution in [0.15, 0.2) is 0 Å². The Kier molecular flexibility index (Phi) is 5.67. The van der Waals surface area contributed by atoms with Crippen molar-refractivity contribution in [2.24, 2.45) is 22.7 Å². The Morgan fingerprint density at radius 3 is 2.12 bits per heavy atom. The number of carbonyl (C=O) groups is 1. The fourth-order valence-corrected chi connectivity index (χ4v) is 5.03. The molecule has 146 valence electrons. The van der Waals surface area contributed by atoms with Crippen molar-refractivity contribution in [1.29, 1.82) is 0 Å². The van der Waals surface area contributed by atoms with E-state index in [1.165, 1.54) is 0 Å². The quantitative estimate of drug-likeness (QED) is 0.747. The Labute approximate surface area is 153 Å². The van der Waals surface area contributed by atoms with Gasteiger partial charge in [-0.1, -0.05) is 20.8 Å². The summed E-state index contributed by atoms with van der Waals surface area (Å²) in [6.07, 6.45) is 5.59. The van der Waals surface area contributed by atoms with Crippen LogP contribution in [0.2, 0.25) is 0 Å². The standard InChI is InChI=1S/C21H38O4/c1-7-25-17(22)19(5)11-8-16(20(19,6)23)14-21(24)12-9-15(10-13-21)18(2,3)4/h15-16,23-24H,7-14H2,1-6H3/t15?,16-,19-,20-,21?/m1/s1. The zero-order valence-electron chi connectivity index (χ0n) is 17.0. The minimum Gasteiger partial charge on any atom is -0.465 e. The fraction of sp³-hybridized carbons (Fsp3) is 0.952. The average Bonchev–Trinajstić information content (AvgIpc) is 2.71. The Bertz CT molecular complexity index is 483. The molecule has 3 atom stereocenters. The van der Waals surface area contributed by atoms with Crippen molar-refractivity contribution in [2.75, 3.05) is 6.61 Å². The number of hydrogen-bond donors (Lipinski definition) is 2. The molecular weight excluding hydrogens is 316 g/mol. The minimum absolute atomic E-state index is 0.0712. The molecule has 0 radical (unpaired) electrons. The molecule has 2 aliphatic carbocycles. The van der Waals surface area contributed by atoms with Crippen LogP contribution in [0.1, 0.15) is 86.5 Å². The molecular formula is C21H38O4. The van der Waals surface area contributed by atoms with Crippen molar-refractivity contribution in [1.82, 2.24) is 0 Å². The van der Waals surface area contributed by atoms with E-state index in [2.05, 4.69) is 20.8 Å². The van der Waals surface area contributed by atoms with Crippen LogP contribution >= 0.6 is 0 Å². The first-order valence-electron chi connectivity index (χ1n) is 9.98. The predicted octanol–water partition coefficient (Wildman–Crippen LogP) is 4.07. The minimum atomic E-state index is -1.14. The number of ether oxygens (including phenoxy) is 1. The molecule has 2 rings (SSSR count). The molecule has 25 heavy (non-hydrogen) atoms. The van der Waals surface area contributed by atoms with E-state index >= 15 is 0 Å². The highest BCUT2D eigenvalue weighted by atomic mass is 16.5. The third-order valence-electron chi connectivity index (χ3n) is 7.40. The highest BCUT2D eigenvalue weighted by molar-refractivity contribution is 5.78. The maximum Gasteiger partial charge on any atom is 0.314 e. The summed E-state index contributed by atoms with van der Waals surface area (Å²) in [5.74, 6) is 0.255. The topological polar surface area (TPSA) is 66.8 Å². The third kappa shape index (κ3) is 3.90.